The first-order valence-electron chi connectivity index (χ1n) is 10.9. The number of fused-ring (bicyclic) bond motifs is 1. The van der Waals surface area contributed by atoms with E-state index in [4.69, 9.17) is 5.73 Å². The number of hydrogen-bond donors (Lipinski definition) is 2. The van der Waals surface area contributed by atoms with Gasteiger partial charge in [-0.1, -0.05) is 18.2 Å². The Labute approximate surface area is 191 Å². The van der Waals surface area contributed by atoms with E-state index in [0.717, 1.165) is 42.0 Å². The summed E-state index contributed by atoms with van der Waals surface area (Å²) in [6.45, 7) is 1.56. The van der Waals surface area contributed by atoms with Crippen LogP contribution in [0.1, 0.15) is 23.2 Å². The van der Waals surface area contributed by atoms with Crippen LogP contribution in [0, 0.1) is 5.92 Å². The zero-order valence-electron chi connectivity index (χ0n) is 18.0. The van der Waals surface area contributed by atoms with E-state index < -0.39 is 5.91 Å². The number of carbonyl (C=O) groups is 2. The number of nitrogens with one attached hydrogen (secondary N) is 1. The zero-order chi connectivity index (χ0) is 22.8. The number of primary amides is 1. The average molecular weight is 441 g/mol. The van der Waals surface area contributed by atoms with E-state index in [0.29, 0.717) is 17.6 Å². The quantitative estimate of drug-likeness (QED) is 0.495. The minimum Gasteiger partial charge on any atom is -0.366 e. The van der Waals surface area contributed by atoms with Gasteiger partial charge in [-0.15, -0.1) is 0 Å². The van der Waals surface area contributed by atoms with Crippen LogP contribution in [0.15, 0.2) is 73.1 Å². The minimum atomic E-state index is -0.506. The van der Waals surface area contributed by atoms with Crippen LogP contribution in [0.5, 0.6) is 0 Å². The second kappa shape index (κ2) is 8.74. The Bertz CT molecular complexity index is 1300. The van der Waals surface area contributed by atoms with Gasteiger partial charge < -0.3 is 16.0 Å². The Hall–Kier alpha value is -4.20. The smallest absolute Gasteiger partial charge is 0.250 e. The van der Waals surface area contributed by atoms with Gasteiger partial charge in [0.2, 0.25) is 5.91 Å². The summed E-state index contributed by atoms with van der Waals surface area (Å²) in [7, 11) is 0. The fourth-order valence-electron chi connectivity index (χ4n) is 4.26. The van der Waals surface area contributed by atoms with Gasteiger partial charge in [-0.2, -0.15) is 5.10 Å². The average Bonchev–Trinajstić information content (AvgIpc) is 3.29. The third kappa shape index (κ3) is 4.27. The molecule has 1 atom stereocenters. The Morgan fingerprint density at radius 2 is 1.88 bits per heavy atom. The number of rotatable bonds is 5. The standard InChI is InChI=1S/C25H24N6O2/c26-24(32)21-7-3-5-17-16-31(29-23(17)21)20-11-9-19(10-12-20)28-25(33)18-6-4-14-30(15-18)22-8-1-2-13-27-22/h1-3,5,7-13,16,18H,4,6,14-15H2,(H2,26,32)(H,28,33). The molecule has 0 spiro atoms. The van der Waals surface area contributed by atoms with Crippen LogP contribution in [0.3, 0.4) is 0 Å². The molecule has 8 nitrogen and oxygen atoms in total. The highest BCUT2D eigenvalue weighted by Gasteiger charge is 2.26. The first-order valence-corrected chi connectivity index (χ1v) is 10.9. The van der Waals surface area contributed by atoms with E-state index in [1.807, 2.05) is 54.7 Å². The molecule has 2 aromatic heterocycles. The third-order valence-electron chi connectivity index (χ3n) is 5.97. The van der Waals surface area contributed by atoms with E-state index in [9.17, 15) is 9.59 Å². The van der Waals surface area contributed by atoms with Gasteiger partial charge in [0.1, 0.15) is 11.3 Å². The molecule has 1 saturated heterocycles. The maximum atomic E-state index is 12.9. The minimum absolute atomic E-state index is 0.0132. The number of amides is 2. The maximum Gasteiger partial charge on any atom is 0.250 e. The first kappa shape index (κ1) is 20.7. The van der Waals surface area contributed by atoms with Crippen molar-refractivity contribution in [2.75, 3.05) is 23.3 Å². The Balaban J connectivity index is 1.28. The molecule has 8 heteroatoms. The van der Waals surface area contributed by atoms with E-state index in [-0.39, 0.29) is 11.8 Å². The third-order valence-corrected chi connectivity index (χ3v) is 5.97. The maximum absolute atomic E-state index is 12.9. The van der Waals surface area contributed by atoms with Crippen molar-refractivity contribution in [3.05, 3.63) is 78.6 Å². The SMILES string of the molecule is NC(=O)c1cccc2cn(-c3ccc(NC(=O)C4CCCN(c5ccccn5)C4)cc3)nc12. The molecule has 0 bridgehead atoms. The number of aromatic nitrogens is 3. The lowest BCUT2D eigenvalue weighted by Gasteiger charge is -2.32. The van der Waals surface area contributed by atoms with Crippen LogP contribution >= 0.6 is 0 Å². The normalized spacial score (nSPS) is 16.0. The van der Waals surface area contributed by atoms with Crippen molar-refractivity contribution in [3.63, 3.8) is 0 Å². The fourth-order valence-corrected chi connectivity index (χ4v) is 4.26. The zero-order valence-corrected chi connectivity index (χ0v) is 18.0. The lowest BCUT2D eigenvalue weighted by Crippen LogP contribution is -2.41. The molecule has 1 unspecified atom stereocenters. The number of anilines is 2. The van der Waals surface area contributed by atoms with Crippen molar-refractivity contribution < 1.29 is 9.59 Å². The van der Waals surface area contributed by atoms with Gasteiger partial charge in [0, 0.05) is 36.6 Å². The second-order valence-corrected chi connectivity index (χ2v) is 8.19. The highest BCUT2D eigenvalue weighted by atomic mass is 16.2. The molecular formula is C25H24N6O2. The van der Waals surface area contributed by atoms with E-state index in [1.165, 1.54) is 0 Å². The van der Waals surface area contributed by atoms with Crippen LogP contribution in [-0.4, -0.2) is 39.7 Å². The number of nitrogens with two attached hydrogens (primary N) is 1. The second-order valence-electron chi connectivity index (χ2n) is 8.19. The Morgan fingerprint density at radius 3 is 2.64 bits per heavy atom. The van der Waals surface area contributed by atoms with Crippen molar-refractivity contribution in [1.29, 1.82) is 0 Å². The van der Waals surface area contributed by atoms with Crippen molar-refractivity contribution >= 4 is 34.2 Å². The molecular weight excluding hydrogens is 416 g/mol. The molecule has 0 saturated carbocycles. The summed E-state index contributed by atoms with van der Waals surface area (Å²) in [4.78, 5) is 31.1. The van der Waals surface area contributed by atoms with Gasteiger partial charge in [0.15, 0.2) is 0 Å². The largest absolute Gasteiger partial charge is 0.366 e. The van der Waals surface area contributed by atoms with Crippen molar-refractivity contribution in [1.82, 2.24) is 14.8 Å². The van der Waals surface area contributed by atoms with E-state index >= 15 is 0 Å². The van der Waals surface area contributed by atoms with Gasteiger partial charge in [0.25, 0.3) is 5.91 Å². The lowest BCUT2D eigenvalue weighted by molar-refractivity contribution is -0.120. The van der Waals surface area contributed by atoms with Gasteiger partial charge in [0.05, 0.1) is 17.2 Å². The lowest BCUT2D eigenvalue weighted by atomic mass is 9.97. The summed E-state index contributed by atoms with van der Waals surface area (Å²) in [5.74, 6) is 0.321. The summed E-state index contributed by atoms with van der Waals surface area (Å²) in [6.07, 6.45) is 5.44. The molecule has 1 aliphatic rings. The summed E-state index contributed by atoms with van der Waals surface area (Å²) < 4.78 is 1.70. The molecule has 33 heavy (non-hydrogen) atoms. The number of hydrogen-bond acceptors (Lipinski definition) is 5. The summed E-state index contributed by atoms with van der Waals surface area (Å²) in [6, 6.07) is 18.6. The van der Waals surface area contributed by atoms with Crippen LogP contribution in [0.25, 0.3) is 16.6 Å². The molecule has 3 heterocycles. The van der Waals surface area contributed by atoms with Gasteiger partial charge in [-0.3, -0.25) is 9.59 Å². The van der Waals surface area contributed by atoms with Crippen LogP contribution in [-0.2, 0) is 4.79 Å². The van der Waals surface area contributed by atoms with Crippen molar-refractivity contribution in [3.8, 4) is 5.69 Å². The summed E-state index contributed by atoms with van der Waals surface area (Å²) in [5, 5.41) is 8.39. The predicted octanol–water partition coefficient (Wildman–Crippen LogP) is 3.37. The number of benzene rings is 2. The summed E-state index contributed by atoms with van der Waals surface area (Å²) in [5.41, 5.74) is 7.97. The highest BCUT2D eigenvalue weighted by molar-refractivity contribution is 6.04. The highest BCUT2D eigenvalue weighted by Crippen LogP contribution is 2.24. The molecule has 166 valence electrons. The monoisotopic (exact) mass is 440 g/mol. The van der Waals surface area contributed by atoms with Gasteiger partial charge >= 0.3 is 0 Å². The molecule has 1 aliphatic heterocycles. The molecule has 3 N–H and O–H groups in total. The van der Waals surface area contributed by atoms with Crippen molar-refractivity contribution in [2.45, 2.75) is 12.8 Å². The molecule has 5 rings (SSSR count). The topological polar surface area (TPSA) is 106 Å². The summed E-state index contributed by atoms with van der Waals surface area (Å²) >= 11 is 0. The van der Waals surface area contributed by atoms with Crippen LogP contribution < -0.4 is 16.0 Å². The van der Waals surface area contributed by atoms with Crippen molar-refractivity contribution in [2.24, 2.45) is 11.7 Å². The number of carbonyl (C=O) groups excluding carboxylic acids is 2. The molecule has 0 radical (unpaired) electrons. The van der Waals surface area contributed by atoms with Crippen LogP contribution in [0.2, 0.25) is 0 Å². The Morgan fingerprint density at radius 1 is 1.03 bits per heavy atom. The van der Waals surface area contributed by atoms with E-state index in [2.05, 4.69) is 20.3 Å². The number of piperidine rings is 1. The molecule has 0 aliphatic carbocycles. The molecule has 4 aromatic rings. The predicted molar refractivity (Wildman–Crippen MR) is 127 cm³/mol. The first-order chi connectivity index (χ1) is 16.1. The van der Waals surface area contributed by atoms with Crippen LogP contribution in [0.4, 0.5) is 11.5 Å². The van der Waals surface area contributed by atoms with E-state index in [1.54, 1.807) is 23.0 Å². The molecule has 2 amide bonds. The van der Waals surface area contributed by atoms with Gasteiger partial charge in [-0.25, -0.2) is 9.67 Å². The molecule has 1 fully saturated rings. The fraction of sp³-hybridized carbons (Fsp3) is 0.200. The number of nitrogens with zero attached hydrogens (tertiary/aromatic N) is 4. The Kier molecular flexibility index (Phi) is 5.48. The number of pyridine rings is 1. The molecule has 2 aromatic carbocycles. The van der Waals surface area contributed by atoms with Gasteiger partial charge in [-0.05, 0) is 55.3 Å².